The van der Waals surface area contributed by atoms with E-state index < -0.39 is 0 Å². The van der Waals surface area contributed by atoms with Crippen molar-refractivity contribution in [1.82, 2.24) is 9.97 Å². The molecular formula is C10H13ClIN3O. The third-order valence-electron chi connectivity index (χ3n) is 2.76. The number of aromatic nitrogens is 2. The maximum Gasteiger partial charge on any atom is 0.143 e. The molecule has 16 heavy (non-hydrogen) atoms. The topological polar surface area (TPSA) is 47.0 Å². The summed E-state index contributed by atoms with van der Waals surface area (Å²) >= 11 is 8.29. The predicted molar refractivity (Wildman–Crippen MR) is 71.9 cm³/mol. The minimum atomic E-state index is -0.0892. The number of nitrogens with zero attached hydrogens (tertiary/aromatic N) is 2. The molecule has 2 rings (SSSR count). The molecule has 1 N–H and O–H groups in total. The highest BCUT2D eigenvalue weighted by atomic mass is 127. The van der Waals surface area contributed by atoms with E-state index in [2.05, 4.69) is 37.9 Å². The molecule has 0 amide bonds. The zero-order chi connectivity index (χ0) is 11.4. The highest BCUT2D eigenvalue weighted by Gasteiger charge is 2.32. The lowest BCUT2D eigenvalue weighted by atomic mass is 9.92. The van der Waals surface area contributed by atoms with E-state index in [9.17, 15) is 0 Å². The molecule has 0 radical (unpaired) electrons. The van der Waals surface area contributed by atoms with Crippen LogP contribution >= 0.6 is 34.2 Å². The second-order valence-electron chi connectivity index (χ2n) is 3.87. The Balaban J connectivity index is 2.15. The van der Waals surface area contributed by atoms with Crippen molar-refractivity contribution in [2.45, 2.75) is 18.4 Å². The van der Waals surface area contributed by atoms with Crippen LogP contribution in [-0.4, -0.2) is 34.6 Å². The predicted octanol–water partition coefficient (Wildman–Crippen LogP) is 2.28. The number of ether oxygens (including phenoxy) is 1. The van der Waals surface area contributed by atoms with Crippen LogP contribution in [0.4, 0.5) is 5.82 Å². The summed E-state index contributed by atoms with van der Waals surface area (Å²) in [4.78, 5) is 8.21. The van der Waals surface area contributed by atoms with Gasteiger partial charge in [0.05, 0.1) is 9.11 Å². The van der Waals surface area contributed by atoms with E-state index in [4.69, 9.17) is 16.3 Å². The Labute approximate surface area is 113 Å². The third-order valence-corrected chi connectivity index (χ3v) is 4.06. The smallest absolute Gasteiger partial charge is 0.143 e. The van der Waals surface area contributed by atoms with Gasteiger partial charge >= 0.3 is 0 Å². The molecule has 6 heteroatoms. The summed E-state index contributed by atoms with van der Waals surface area (Å²) in [5, 5.41) is 3.44. The Morgan fingerprint density at radius 1 is 1.50 bits per heavy atom. The van der Waals surface area contributed by atoms with E-state index in [1.807, 2.05) is 0 Å². The number of hydrogen-bond acceptors (Lipinski definition) is 4. The van der Waals surface area contributed by atoms with Gasteiger partial charge in [-0.05, 0) is 35.4 Å². The molecule has 1 aromatic rings. The zero-order valence-corrected chi connectivity index (χ0v) is 11.7. The Morgan fingerprint density at radius 3 is 2.88 bits per heavy atom. The molecular weight excluding hydrogens is 340 g/mol. The van der Waals surface area contributed by atoms with Crippen LogP contribution in [0.2, 0.25) is 0 Å². The first-order valence-corrected chi connectivity index (χ1v) is 6.74. The van der Waals surface area contributed by atoms with E-state index in [1.165, 1.54) is 0 Å². The summed E-state index contributed by atoms with van der Waals surface area (Å²) in [6, 6.07) is 0. The molecule has 1 aliphatic rings. The van der Waals surface area contributed by atoms with Crippen molar-refractivity contribution in [3.05, 3.63) is 16.1 Å². The quantitative estimate of drug-likeness (QED) is 0.669. The van der Waals surface area contributed by atoms with Crippen molar-refractivity contribution in [2.24, 2.45) is 0 Å². The number of anilines is 1. The van der Waals surface area contributed by atoms with Crippen LogP contribution in [-0.2, 0) is 4.74 Å². The molecule has 0 aromatic carbocycles. The van der Waals surface area contributed by atoms with Gasteiger partial charge in [-0.25, -0.2) is 9.97 Å². The van der Waals surface area contributed by atoms with E-state index in [0.717, 1.165) is 35.4 Å². The molecule has 0 spiro atoms. The van der Waals surface area contributed by atoms with Gasteiger partial charge < -0.3 is 10.1 Å². The van der Waals surface area contributed by atoms with Gasteiger partial charge in [-0.3, -0.25) is 0 Å². The van der Waals surface area contributed by atoms with Crippen LogP contribution in [0.25, 0.3) is 0 Å². The zero-order valence-electron chi connectivity index (χ0n) is 8.75. The Kier molecular flexibility index (Phi) is 4.21. The first-order chi connectivity index (χ1) is 7.76. The maximum absolute atomic E-state index is 6.08. The first-order valence-electron chi connectivity index (χ1n) is 5.13. The van der Waals surface area contributed by atoms with Crippen molar-refractivity contribution in [1.29, 1.82) is 0 Å². The molecule has 1 fully saturated rings. The molecule has 0 bridgehead atoms. The largest absolute Gasteiger partial charge is 0.381 e. The van der Waals surface area contributed by atoms with Crippen molar-refractivity contribution in [2.75, 3.05) is 24.4 Å². The van der Waals surface area contributed by atoms with Crippen molar-refractivity contribution >= 4 is 40.0 Å². The van der Waals surface area contributed by atoms with Gasteiger partial charge in [-0.15, -0.1) is 11.6 Å². The lowest BCUT2D eigenvalue weighted by Crippen LogP contribution is -2.45. The van der Waals surface area contributed by atoms with E-state index >= 15 is 0 Å². The van der Waals surface area contributed by atoms with Crippen molar-refractivity contribution in [3.8, 4) is 0 Å². The van der Waals surface area contributed by atoms with Gasteiger partial charge in [0.2, 0.25) is 0 Å². The third kappa shape index (κ3) is 2.75. The van der Waals surface area contributed by atoms with E-state index in [0.29, 0.717) is 5.88 Å². The lowest BCUT2D eigenvalue weighted by molar-refractivity contribution is 0.0666. The van der Waals surface area contributed by atoms with E-state index in [1.54, 1.807) is 12.5 Å². The molecule has 1 aromatic heterocycles. The lowest BCUT2D eigenvalue weighted by Gasteiger charge is -2.36. The highest BCUT2D eigenvalue weighted by molar-refractivity contribution is 14.1. The average molecular weight is 354 g/mol. The second-order valence-corrected chi connectivity index (χ2v) is 5.30. The SMILES string of the molecule is ClCC1(Nc2ncncc2I)CCOCC1. The molecule has 0 atom stereocenters. The van der Waals surface area contributed by atoms with Gasteiger partial charge in [0.1, 0.15) is 12.1 Å². The molecule has 0 unspecified atom stereocenters. The van der Waals surface area contributed by atoms with Crippen LogP contribution in [0.5, 0.6) is 0 Å². The molecule has 1 saturated heterocycles. The Bertz CT molecular complexity index is 358. The number of hydrogen-bond donors (Lipinski definition) is 1. The fourth-order valence-electron chi connectivity index (χ4n) is 1.71. The average Bonchev–Trinajstić information content (AvgIpc) is 2.33. The van der Waals surface area contributed by atoms with Crippen LogP contribution in [0.1, 0.15) is 12.8 Å². The maximum atomic E-state index is 6.08. The molecule has 88 valence electrons. The number of halogens is 2. The number of nitrogens with one attached hydrogen (secondary N) is 1. The second kappa shape index (κ2) is 5.46. The first kappa shape index (κ1) is 12.3. The summed E-state index contributed by atoms with van der Waals surface area (Å²) < 4.78 is 6.37. The normalized spacial score (nSPS) is 19.4. The van der Waals surface area contributed by atoms with Crippen LogP contribution in [0.3, 0.4) is 0 Å². The molecule has 1 aliphatic heterocycles. The Hall–Kier alpha value is -0.140. The summed E-state index contributed by atoms with van der Waals surface area (Å²) in [5.74, 6) is 1.43. The molecule has 2 heterocycles. The van der Waals surface area contributed by atoms with E-state index in [-0.39, 0.29) is 5.54 Å². The minimum Gasteiger partial charge on any atom is -0.381 e. The fourth-order valence-corrected chi connectivity index (χ4v) is 2.48. The Morgan fingerprint density at radius 2 is 2.25 bits per heavy atom. The van der Waals surface area contributed by atoms with Gasteiger partial charge in [0.15, 0.2) is 0 Å². The summed E-state index contributed by atoms with van der Waals surface area (Å²) in [6.07, 6.45) is 5.16. The van der Waals surface area contributed by atoms with Crippen LogP contribution in [0.15, 0.2) is 12.5 Å². The minimum absolute atomic E-state index is 0.0892. The summed E-state index contributed by atoms with van der Waals surface area (Å²) in [5.41, 5.74) is -0.0892. The monoisotopic (exact) mass is 353 g/mol. The fraction of sp³-hybridized carbons (Fsp3) is 0.600. The summed E-state index contributed by atoms with van der Waals surface area (Å²) in [7, 11) is 0. The van der Waals surface area contributed by atoms with Gasteiger partial charge in [-0.2, -0.15) is 0 Å². The molecule has 0 aliphatic carbocycles. The summed E-state index contributed by atoms with van der Waals surface area (Å²) in [6.45, 7) is 1.50. The van der Waals surface area contributed by atoms with Gasteiger partial charge in [0.25, 0.3) is 0 Å². The van der Waals surface area contributed by atoms with Gasteiger partial charge in [-0.1, -0.05) is 0 Å². The highest BCUT2D eigenvalue weighted by Crippen LogP contribution is 2.28. The molecule has 4 nitrogen and oxygen atoms in total. The van der Waals surface area contributed by atoms with Crippen LogP contribution < -0.4 is 5.32 Å². The number of alkyl halides is 1. The van der Waals surface area contributed by atoms with Gasteiger partial charge in [0, 0.05) is 25.3 Å². The number of rotatable bonds is 3. The van der Waals surface area contributed by atoms with Crippen molar-refractivity contribution in [3.63, 3.8) is 0 Å². The molecule has 0 saturated carbocycles. The van der Waals surface area contributed by atoms with Crippen LogP contribution in [0, 0.1) is 3.57 Å². The standard InChI is InChI=1S/C10H13ClIN3O/c11-6-10(1-3-16-4-2-10)15-9-8(12)5-13-7-14-9/h5,7H,1-4,6H2,(H,13,14,15). The van der Waals surface area contributed by atoms with Crippen molar-refractivity contribution < 1.29 is 4.74 Å².